The zero-order valence-electron chi connectivity index (χ0n) is 18.1. The van der Waals surface area contributed by atoms with Crippen molar-refractivity contribution in [3.8, 4) is 11.5 Å². The van der Waals surface area contributed by atoms with E-state index in [2.05, 4.69) is 43.4 Å². The Kier molecular flexibility index (Phi) is 8.85. The lowest BCUT2D eigenvalue weighted by molar-refractivity contribution is -0.169. The summed E-state index contributed by atoms with van der Waals surface area (Å²) in [6.07, 6.45) is -0.342. The molecule has 0 saturated carbocycles. The molecule has 0 atom stereocenters. The maximum Gasteiger partial charge on any atom is 0.323 e. The minimum Gasteiger partial charge on any atom is -0.468 e. The van der Waals surface area contributed by atoms with E-state index in [1.807, 2.05) is 0 Å². The van der Waals surface area contributed by atoms with E-state index in [4.69, 9.17) is 9.47 Å². The Bertz CT molecular complexity index is 972. The predicted molar refractivity (Wildman–Crippen MR) is 118 cm³/mol. The molecule has 0 fully saturated rings. The minimum absolute atomic E-state index is 0.0123. The molecular formula is C22H28O6SSi. The van der Waals surface area contributed by atoms with Crippen molar-refractivity contribution in [1.29, 1.82) is 0 Å². The first-order chi connectivity index (χ1) is 13.9. The summed E-state index contributed by atoms with van der Waals surface area (Å²) >= 11 is 0. The zero-order chi connectivity index (χ0) is 23.0. The van der Waals surface area contributed by atoms with Crippen molar-refractivity contribution in [3.05, 3.63) is 47.5 Å². The molecule has 0 heterocycles. The molecule has 0 aliphatic heterocycles. The average Bonchev–Trinajstić information content (AvgIpc) is 2.72. The first-order valence-corrected chi connectivity index (χ1v) is 14.3. The van der Waals surface area contributed by atoms with E-state index in [9.17, 15) is 18.0 Å². The maximum absolute atomic E-state index is 13.1. The zero-order valence-corrected chi connectivity index (χ0v) is 19.9. The number of esters is 2. The molecule has 1 rings (SSSR count). The molecule has 8 heteroatoms. The number of ether oxygens (including phenoxy) is 2. The number of allylic oxidation sites excluding steroid dienone is 1. The van der Waals surface area contributed by atoms with E-state index in [1.165, 1.54) is 12.1 Å². The Hall–Kier alpha value is -2.59. The number of sulfone groups is 1. The van der Waals surface area contributed by atoms with Crippen LogP contribution in [0.4, 0.5) is 0 Å². The van der Waals surface area contributed by atoms with Crippen molar-refractivity contribution in [2.75, 3.05) is 14.2 Å². The van der Waals surface area contributed by atoms with Gasteiger partial charge in [-0.1, -0.05) is 44.4 Å². The highest BCUT2D eigenvalue weighted by Gasteiger charge is 2.50. The van der Waals surface area contributed by atoms with Gasteiger partial charge in [0.15, 0.2) is 5.41 Å². The number of carbonyl (C=O) groups excluding carboxylic acids is 2. The largest absolute Gasteiger partial charge is 0.468 e. The normalized spacial score (nSPS) is 11.5. The lowest BCUT2D eigenvalue weighted by atomic mass is 9.79. The molecule has 0 spiro atoms. The molecule has 0 aliphatic rings. The van der Waals surface area contributed by atoms with E-state index in [-0.39, 0.29) is 22.6 Å². The summed E-state index contributed by atoms with van der Waals surface area (Å²) in [5.74, 6) is 1.22. The molecule has 0 radical (unpaired) electrons. The molecule has 0 amide bonds. The second-order valence-electron chi connectivity index (χ2n) is 7.71. The van der Waals surface area contributed by atoms with E-state index in [1.54, 1.807) is 18.2 Å². The van der Waals surface area contributed by atoms with Crippen molar-refractivity contribution in [2.24, 2.45) is 5.41 Å². The van der Waals surface area contributed by atoms with Gasteiger partial charge in [0.1, 0.15) is 8.07 Å². The Balaban J connectivity index is 3.45. The second kappa shape index (κ2) is 10.4. The number of hydrogen-bond acceptors (Lipinski definition) is 6. The summed E-state index contributed by atoms with van der Waals surface area (Å²) in [6, 6.07) is 7.68. The van der Waals surface area contributed by atoms with Crippen LogP contribution in [0.5, 0.6) is 0 Å². The van der Waals surface area contributed by atoms with Crippen molar-refractivity contribution < 1.29 is 27.5 Å². The molecule has 0 saturated heterocycles. The fraction of sp³-hybridized carbons (Fsp3) is 0.409. The number of methoxy groups -OCH3 is 2. The highest BCUT2D eigenvalue weighted by atomic mass is 32.2. The monoisotopic (exact) mass is 448 g/mol. The van der Waals surface area contributed by atoms with Crippen LogP contribution in [0.25, 0.3) is 0 Å². The number of hydrogen-bond donors (Lipinski definition) is 0. The summed E-state index contributed by atoms with van der Waals surface area (Å²) in [4.78, 5) is 25.2. The molecule has 0 aliphatic carbocycles. The van der Waals surface area contributed by atoms with E-state index >= 15 is 0 Å². The summed E-state index contributed by atoms with van der Waals surface area (Å²) in [6.45, 7) is 9.67. The van der Waals surface area contributed by atoms with Gasteiger partial charge < -0.3 is 9.47 Å². The molecule has 0 N–H and O–H groups in total. The lowest BCUT2D eigenvalue weighted by Gasteiger charge is -2.28. The molecule has 6 nitrogen and oxygen atoms in total. The first kappa shape index (κ1) is 25.4. The van der Waals surface area contributed by atoms with Crippen LogP contribution in [-0.2, 0) is 28.9 Å². The van der Waals surface area contributed by atoms with Gasteiger partial charge in [-0.3, -0.25) is 9.59 Å². The topological polar surface area (TPSA) is 86.7 Å². The molecule has 30 heavy (non-hydrogen) atoms. The summed E-state index contributed by atoms with van der Waals surface area (Å²) in [5.41, 5.74) is 3.69. The average molecular weight is 449 g/mol. The van der Waals surface area contributed by atoms with Gasteiger partial charge in [-0.2, -0.15) is 0 Å². The van der Waals surface area contributed by atoms with Gasteiger partial charge in [0.05, 0.1) is 24.0 Å². The Morgan fingerprint density at radius 2 is 1.60 bits per heavy atom. The van der Waals surface area contributed by atoms with E-state index < -0.39 is 41.7 Å². The second-order valence-corrected chi connectivity index (χ2v) is 14.4. The van der Waals surface area contributed by atoms with Crippen LogP contribution in [0, 0.1) is 16.9 Å². The van der Waals surface area contributed by atoms with Crippen LogP contribution < -0.4 is 0 Å². The van der Waals surface area contributed by atoms with Crippen molar-refractivity contribution in [2.45, 2.75) is 43.8 Å². The Morgan fingerprint density at radius 1 is 1.07 bits per heavy atom. The highest BCUT2D eigenvalue weighted by Crippen LogP contribution is 2.37. The molecule has 0 unspecified atom stereocenters. The van der Waals surface area contributed by atoms with Crippen molar-refractivity contribution in [1.82, 2.24) is 0 Å². The quantitative estimate of drug-likeness (QED) is 0.199. The fourth-order valence-corrected chi connectivity index (χ4v) is 4.86. The van der Waals surface area contributed by atoms with Crippen LogP contribution in [0.3, 0.4) is 0 Å². The number of rotatable bonds is 8. The molecular weight excluding hydrogens is 420 g/mol. The van der Waals surface area contributed by atoms with Gasteiger partial charge in [-0.15, -0.1) is 17.2 Å². The van der Waals surface area contributed by atoms with Crippen LogP contribution in [-0.4, -0.2) is 42.6 Å². The SMILES string of the molecule is C=C=C(CC(CCC#C[Si](C)(C)C)(C(=O)OC)C(=O)OC)S(=O)(=O)c1ccccc1. The minimum atomic E-state index is -4.02. The van der Waals surface area contributed by atoms with Crippen LogP contribution in [0.15, 0.2) is 52.4 Å². The van der Waals surface area contributed by atoms with Crippen molar-refractivity contribution in [3.63, 3.8) is 0 Å². The summed E-state index contributed by atoms with van der Waals surface area (Å²) in [5, 5.41) is 0. The molecule has 162 valence electrons. The third kappa shape index (κ3) is 6.20. The van der Waals surface area contributed by atoms with Crippen LogP contribution in [0.2, 0.25) is 19.6 Å². The van der Waals surface area contributed by atoms with Crippen LogP contribution in [0.1, 0.15) is 19.3 Å². The summed E-state index contributed by atoms with van der Waals surface area (Å²) in [7, 11) is -3.41. The molecule has 0 aromatic heterocycles. The Morgan fingerprint density at radius 3 is 2.03 bits per heavy atom. The third-order valence-corrected chi connectivity index (χ3v) is 7.09. The van der Waals surface area contributed by atoms with E-state index in [0.717, 1.165) is 14.2 Å². The van der Waals surface area contributed by atoms with Gasteiger partial charge in [-0.25, -0.2) is 8.42 Å². The first-order valence-electron chi connectivity index (χ1n) is 9.30. The Labute approximate surface area is 179 Å². The van der Waals surface area contributed by atoms with Crippen LogP contribution >= 0.6 is 0 Å². The molecule has 1 aromatic rings. The lowest BCUT2D eigenvalue weighted by Crippen LogP contribution is -2.42. The smallest absolute Gasteiger partial charge is 0.323 e. The molecule has 0 bridgehead atoms. The van der Waals surface area contributed by atoms with E-state index in [0.29, 0.717) is 0 Å². The third-order valence-electron chi connectivity index (χ3n) is 4.33. The molecule has 1 aromatic carbocycles. The van der Waals surface area contributed by atoms with Gasteiger partial charge in [0.2, 0.25) is 9.84 Å². The van der Waals surface area contributed by atoms with Gasteiger partial charge in [0, 0.05) is 12.8 Å². The van der Waals surface area contributed by atoms with Crippen molar-refractivity contribution >= 4 is 29.8 Å². The predicted octanol–water partition coefficient (Wildman–Crippen LogP) is 3.51. The van der Waals surface area contributed by atoms with Gasteiger partial charge >= 0.3 is 11.9 Å². The number of benzene rings is 1. The van der Waals surface area contributed by atoms with Gasteiger partial charge in [0.25, 0.3) is 0 Å². The summed E-state index contributed by atoms with van der Waals surface area (Å²) < 4.78 is 35.8. The fourth-order valence-electron chi connectivity index (χ4n) is 2.78. The van der Waals surface area contributed by atoms with Gasteiger partial charge in [-0.05, 0) is 18.6 Å². The number of carbonyl (C=O) groups is 2. The highest BCUT2D eigenvalue weighted by molar-refractivity contribution is 7.95. The standard InChI is InChI=1S/C22H28O6SSi/c1-7-18(29(25,26)19-13-9-8-10-14-19)17-22(20(23)27-2,21(24)28-3)15-11-12-16-30(4,5)6/h8-10,13-14H,1,11,15,17H2,2-6H3. The maximum atomic E-state index is 13.1.